The summed E-state index contributed by atoms with van der Waals surface area (Å²) in [5.41, 5.74) is 1.21. The molecule has 0 aromatic carbocycles. The Morgan fingerprint density at radius 1 is 1.45 bits per heavy atom. The van der Waals surface area contributed by atoms with Crippen molar-refractivity contribution in [3.8, 4) is 0 Å². The van der Waals surface area contributed by atoms with Crippen LogP contribution in [-0.4, -0.2) is 34.9 Å². The summed E-state index contributed by atoms with van der Waals surface area (Å²) in [5.74, 6) is 0.580. The van der Waals surface area contributed by atoms with Crippen molar-refractivity contribution in [1.82, 2.24) is 10.2 Å². The van der Waals surface area contributed by atoms with Crippen molar-refractivity contribution < 1.29 is 4.79 Å². The molecule has 2 rings (SSSR count). The third kappa shape index (κ3) is 3.38. The van der Waals surface area contributed by atoms with E-state index in [1.807, 2.05) is 16.7 Å². The van der Waals surface area contributed by atoms with Gasteiger partial charge in [0.05, 0.1) is 6.04 Å². The van der Waals surface area contributed by atoms with Crippen LogP contribution >= 0.6 is 23.1 Å². The fourth-order valence-electron chi connectivity index (χ4n) is 2.50. The third-order valence-corrected chi connectivity index (χ3v) is 5.64. The number of carbonyl (C=O) groups is 1. The lowest BCUT2D eigenvalue weighted by atomic mass is 10.1. The Morgan fingerprint density at radius 2 is 2.20 bits per heavy atom. The van der Waals surface area contributed by atoms with Gasteiger partial charge in [-0.3, -0.25) is 10.1 Å². The summed E-state index contributed by atoms with van der Waals surface area (Å²) in [6.45, 7) is 7.26. The van der Waals surface area contributed by atoms with Gasteiger partial charge in [-0.1, -0.05) is 20.8 Å². The lowest BCUT2D eigenvalue weighted by Crippen LogP contribution is -2.35. The van der Waals surface area contributed by atoms with Crippen LogP contribution in [0.1, 0.15) is 38.9 Å². The highest BCUT2D eigenvalue weighted by Gasteiger charge is 2.40. The van der Waals surface area contributed by atoms with Gasteiger partial charge in [0.25, 0.3) is 0 Å². The van der Waals surface area contributed by atoms with Crippen molar-refractivity contribution in [2.45, 2.75) is 44.6 Å². The number of thioether (sulfide) groups is 1. The quantitative estimate of drug-likeness (QED) is 0.874. The molecule has 0 spiro atoms. The largest absolute Gasteiger partial charge is 0.321 e. The predicted molar refractivity (Wildman–Crippen MR) is 88.1 cm³/mol. The van der Waals surface area contributed by atoms with Gasteiger partial charge < -0.3 is 4.90 Å². The van der Waals surface area contributed by atoms with Gasteiger partial charge in [-0.15, -0.1) is 0 Å². The highest BCUT2D eigenvalue weighted by molar-refractivity contribution is 7.99. The van der Waals surface area contributed by atoms with Crippen LogP contribution in [0.25, 0.3) is 0 Å². The van der Waals surface area contributed by atoms with Crippen molar-refractivity contribution in [3.63, 3.8) is 0 Å². The summed E-state index contributed by atoms with van der Waals surface area (Å²) in [7, 11) is 0. The molecule has 0 aliphatic carbocycles. The molecule has 20 heavy (non-hydrogen) atoms. The summed E-state index contributed by atoms with van der Waals surface area (Å²) >= 11 is 3.54. The maximum absolute atomic E-state index is 12.6. The number of nitrogens with one attached hydrogen (secondary N) is 1. The van der Waals surface area contributed by atoms with Crippen LogP contribution in [0, 0.1) is 5.92 Å². The first-order chi connectivity index (χ1) is 9.54. The number of carbonyl (C=O) groups excluding carboxylic acids is 1. The molecule has 5 heteroatoms. The molecular formula is C15H24N2OS2. The van der Waals surface area contributed by atoms with Crippen molar-refractivity contribution >= 4 is 29.0 Å². The third-order valence-electron chi connectivity index (χ3n) is 3.90. The first-order valence-corrected chi connectivity index (χ1v) is 9.39. The number of amides is 1. The van der Waals surface area contributed by atoms with E-state index in [2.05, 4.69) is 49.2 Å². The maximum Gasteiger partial charge on any atom is 0.241 e. The first kappa shape index (κ1) is 15.9. The molecule has 3 atom stereocenters. The topological polar surface area (TPSA) is 32.3 Å². The Hall–Kier alpha value is -0.520. The molecule has 3 nitrogen and oxygen atoms in total. The van der Waals surface area contributed by atoms with Crippen molar-refractivity contribution in [2.75, 3.05) is 12.8 Å². The second-order valence-corrected chi connectivity index (χ2v) is 7.77. The predicted octanol–water partition coefficient (Wildman–Crippen LogP) is 3.34. The highest BCUT2D eigenvalue weighted by Crippen LogP contribution is 2.30. The highest BCUT2D eigenvalue weighted by atomic mass is 32.2. The van der Waals surface area contributed by atoms with Gasteiger partial charge >= 0.3 is 0 Å². The number of thiophene rings is 1. The average molecular weight is 313 g/mol. The molecule has 2 heterocycles. The second kappa shape index (κ2) is 6.96. The second-order valence-electron chi connectivity index (χ2n) is 5.71. The van der Waals surface area contributed by atoms with Crippen LogP contribution in [0.2, 0.25) is 0 Å². The molecule has 3 unspecified atom stereocenters. The maximum atomic E-state index is 12.6. The van der Waals surface area contributed by atoms with Crippen molar-refractivity contribution in [3.05, 3.63) is 22.4 Å². The van der Waals surface area contributed by atoms with E-state index in [4.69, 9.17) is 0 Å². The lowest BCUT2D eigenvalue weighted by Gasteiger charge is -2.24. The molecule has 1 aromatic heterocycles. The fourth-order valence-corrected chi connectivity index (χ4v) is 3.52. The molecule has 1 aliphatic rings. The average Bonchev–Trinajstić information content (AvgIpc) is 3.03. The van der Waals surface area contributed by atoms with Gasteiger partial charge in [0.15, 0.2) is 0 Å². The van der Waals surface area contributed by atoms with E-state index in [0.29, 0.717) is 11.2 Å². The summed E-state index contributed by atoms with van der Waals surface area (Å²) in [6.07, 6.45) is 3.22. The Bertz CT molecular complexity index is 433. The van der Waals surface area contributed by atoms with E-state index in [9.17, 15) is 4.79 Å². The molecule has 1 N–H and O–H groups in total. The van der Waals surface area contributed by atoms with Crippen molar-refractivity contribution in [2.24, 2.45) is 5.92 Å². The van der Waals surface area contributed by atoms with Crippen LogP contribution < -0.4 is 5.32 Å². The van der Waals surface area contributed by atoms with Gasteiger partial charge in [0, 0.05) is 11.8 Å². The summed E-state index contributed by atoms with van der Waals surface area (Å²) < 4.78 is 0. The summed E-state index contributed by atoms with van der Waals surface area (Å²) in [6, 6.07) is 2.06. The molecule has 1 saturated heterocycles. The molecule has 0 radical (unpaired) electrons. The zero-order valence-electron chi connectivity index (χ0n) is 12.6. The van der Waals surface area contributed by atoms with Gasteiger partial charge in [0.2, 0.25) is 5.91 Å². The molecule has 1 aliphatic heterocycles. The van der Waals surface area contributed by atoms with Gasteiger partial charge in [-0.25, -0.2) is 0 Å². The van der Waals surface area contributed by atoms with E-state index in [1.165, 1.54) is 5.56 Å². The van der Waals surface area contributed by atoms with E-state index >= 15 is 0 Å². The van der Waals surface area contributed by atoms with Crippen LogP contribution in [0.4, 0.5) is 0 Å². The van der Waals surface area contributed by atoms with Crippen LogP contribution in [0.5, 0.6) is 0 Å². The number of rotatable bonds is 6. The normalized spacial score (nSPS) is 24.6. The molecule has 1 amide bonds. The Balaban J connectivity index is 2.13. The molecule has 1 aromatic rings. The lowest BCUT2D eigenvalue weighted by molar-refractivity contribution is -0.130. The molecule has 0 bridgehead atoms. The monoisotopic (exact) mass is 312 g/mol. The van der Waals surface area contributed by atoms with Crippen LogP contribution in [-0.2, 0) is 4.79 Å². The number of nitrogens with zero attached hydrogens (tertiary/aromatic N) is 1. The van der Waals surface area contributed by atoms with Gasteiger partial charge in [-0.2, -0.15) is 23.1 Å². The minimum absolute atomic E-state index is 0.0511. The van der Waals surface area contributed by atoms with Crippen molar-refractivity contribution in [1.29, 1.82) is 0 Å². The molecule has 0 saturated carbocycles. The SMILES string of the molecule is CSC(C)CCN1C(=O)C(C(C)C)NC1c1ccsc1. The van der Waals surface area contributed by atoms with E-state index in [-0.39, 0.29) is 18.1 Å². The minimum Gasteiger partial charge on any atom is -0.321 e. The molecule has 1 fully saturated rings. The zero-order chi connectivity index (χ0) is 14.7. The summed E-state index contributed by atoms with van der Waals surface area (Å²) in [4.78, 5) is 14.6. The van der Waals surface area contributed by atoms with E-state index < -0.39 is 0 Å². The van der Waals surface area contributed by atoms with Crippen LogP contribution in [0.3, 0.4) is 0 Å². The molecular weight excluding hydrogens is 288 g/mol. The summed E-state index contributed by atoms with van der Waals surface area (Å²) in [5, 5.41) is 8.31. The standard InChI is InChI=1S/C15H24N2OS2/c1-10(2)13-15(18)17(7-5-11(3)19-4)14(16-13)12-6-8-20-9-12/h6,8-11,13-14,16H,5,7H2,1-4H3. The number of hydrogen-bond donors (Lipinski definition) is 1. The van der Waals surface area contributed by atoms with Crippen LogP contribution in [0.15, 0.2) is 16.8 Å². The number of hydrogen-bond acceptors (Lipinski definition) is 4. The fraction of sp³-hybridized carbons (Fsp3) is 0.667. The van der Waals surface area contributed by atoms with E-state index in [0.717, 1.165) is 13.0 Å². The smallest absolute Gasteiger partial charge is 0.241 e. The van der Waals surface area contributed by atoms with Gasteiger partial charge in [0.1, 0.15) is 6.17 Å². The Morgan fingerprint density at radius 3 is 2.75 bits per heavy atom. The zero-order valence-corrected chi connectivity index (χ0v) is 14.3. The minimum atomic E-state index is -0.0514. The Kier molecular flexibility index (Phi) is 5.52. The Labute approximate surface area is 130 Å². The first-order valence-electron chi connectivity index (χ1n) is 7.16. The van der Waals surface area contributed by atoms with E-state index in [1.54, 1.807) is 11.3 Å². The van der Waals surface area contributed by atoms with Gasteiger partial charge in [-0.05, 0) is 41.0 Å². The molecule has 112 valence electrons.